The molecule has 2 heterocycles. The quantitative estimate of drug-likeness (QED) is 0.405. The number of aromatic nitrogens is 3. The molecule has 0 saturated carbocycles. The lowest BCUT2D eigenvalue weighted by Crippen LogP contribution is -2.20. The van der Waals surface area contributed by atoms with Crippen molar-refractivity contribution in [3.63, 3.8) is 0 Å². The van der Waals surface area contributed by atoms with Crippen LogP contribution in [-0.4, -0.2) is 27.8 Å². The van der Waals surface area contributed by atoms with Gasteiger partial charge in [-0.1, -0.05) is 72.8 Å². The number of anilines is 2. The van der Waals surface area contributed by atoms with Crippen LogP contribution in [0.1, 0.15) is 22.7 Å². The lowest BCUT2D eigenvalue weighted by molar-refractivity contribution is -0.111. The third-order valence-corrected chi connectivity index (χ3v) is 5.47. The van der Waals surface area contributed by atoms with Crippen molar-refractivity contribution < 1.29 is 9.53 Å². The third kappa shape index (κ3) is 4.59. The Kier molecular flexibility index (Phi) is 5.90. The van der Waals surface area contributed by atoms with Gasteiger partial charge in [-0.3, -0.25) is 10.1 Å². The van der Waals surface area contributed by atoms with Gasteiger partial charge >= 0.3 is 0 Å². The normalized spacial score (nSPS) is 14.7. The van der Waals surface area contributed by atoms with Crippen LogP contribution in [0.4, 0.5) is 11.9 Å². The minimum absolute atomic E-state index is 0.166. The minimum atomic E-state index is -0.314. The number of carbonyl (C=O) groups excluding carboxylic acids is 1. The molecule has 1 aliphatic heterocycles. The van der Waals surface area contributed by atoms with E-state index in [2.05, 4.69) is 38.9 Å². The second-order valence-corrected chi connectivity index (χ2v) is 7.73. The van der Waals surface area contributed by atoms with E-state index in [0.717, 1.165) is 28.1 Å². The summed E-state index contributed by atoms with van der Waals surface area (Å²) in [5, 5.41) is 10.7. The van der Waals surface area contributed by atoms with Gasteiger partial charge in [-0.15, -0.1) is 5.10 Å². The zero-order valence-electron chi connectivity index (χ0n) is 18.6. The van der Waals surface area contributed by atoms with Gasteiger partial charge in [0.1, 0.15) is 11.8 Å². The summed E-state index contributed by atoms with van der Waals surface area (Å²) in [7, 11) is 1.62. The number of methoxy groups -OCH3 is 1. The number of hydrogen-bond donors (Lipinski definition) is 2. The molecular formula is C27H23N5O2. The fraction of sp³-hybridized carbons (Fsp3) is 0.0741. The Morgan fingerprint density at radius 2 is 1.71 bits per heavy atom. The van der Waals surface area contributed by atoms with E-state index in [1.165, 1.54) is 6.08 Å². The SMILES string of the molecule is COc1ccc(/C=C/C(=O)Nc2nc3n(n2)C(c2ccccc2)C=C(c2ccccc2)N3)cc1. The molecular weight excluding hydrogens is 426 g/mol. The van der Waals surface area contributed by atoms with Gasteiger partial charge in [-0.2, -0.15) is 4.98 Å². The van der Waals surface area contributed by atoms with Crippen LogP contribution >= 0.6 is 0 Å². The van der Waals surface area contributed by atoms with Crippen LogP contribution in [0.25, 0.3) is 11.8 Å². The first-order valence-electron chi connectivity index (χ1n) is 10.9. The average molecular weight is 450 g/mol. The molecule has 1 aromatic heterocycles. The van der Waals surface area contributed by atoms with Crippen molar-refractivity contribution >= 4 is 29.6 Å². The first-order valence-corrected chi connectivity index (χ1v) is 10.9. The zero-order valence-corrected chi connectivity index (χ0v) is 18.6. The third-order valence-electron chi connectivity index (χ3n) is 5.47. The van der Waals surface area contributed by atoms with E-state index in [4.69, 9.17) is 4.74 Å². The smallest absolute Gasteiger partial charge is 0.250 e. The topological polar surface area (TPSA) is 81.1 Å². The van der Waals surface area contributed by atoms with Crippen LogP contribution in [0.5, 0.6) is 5.75 Å². The number of carbonyl (C=O) groups is 1. The van der Waals surface area contributed by atoms with Gasteiger partial charge in [-0.25, -0.2) is 4.68 Å². The first kappa shape index (κ1) is 21.2. The van der Waals surface area contributed by atoms with Crippen molar-refractivity contribution in [3.05, 3.63) is 114 Å². The molecule has 0 saturated heterocycles. The standard InChI is InChI=1S/C27H23N5O2/c1-34-22-15-12-19(13-16-22)14-17-25(33)29-26-30-27-28-23(20-8-4-2-5-9-20)18-24(32(27)31-26)21-10-6-3-7-11-21/h2-18,24H,1H3,(H2,28,29,30,31,33)/b17-14+. The van der Waals surface area contributed by atoms with E-state index in [1.54, 1.807) is 17.9 Å². The first-order chi connectivity index (χ1) is 16.7. The number of fused-ring (bicyclic) bond motifs is 1. The Morgan fingerprint density at radius 1 is 1.00 bits per heavy atom. The summed E-state index contributed by atoms with van der Waals surface area (Å²) in [6, 6.07) is 27.4. The van der Waals surface area contributed by atoms with Crippen LogP contribution in [0, 0.1) is 0 Å². The molecule has 4 aromatic rings. The number of ether oxygens (including phenoxy) is 1. The largest absolute Gasteiger partial charge is 0.497 e. The van der Waals surface area contributed by atoms with Gasteiger partial charge in [0.15, 0.2) is 0 Å². The van der Waals surface area contributed by atoms with Crippen molar-refractivity contribution in [2.24, 2.45) is 0 Å². The molecule has 0 aliphatic carbocycles. The van der Waals surface area contributed by atoms with E-state index >= 15 is 0 Å². The highest BCUT2D eigenvalue weighted by atomic mass is 16.5. The number of rotatable bonds is 6. The van der Waals surface area contributed by atoms with E-state index in [9.17, 15) is 4.79 Å². The maximum absolute atomic E-state index is 12.5. The molecule has 7 heteroatoms. The van der Waals surface area contributed by atoms with Crippen molar-refractivity contribution in [3.8, 4) is 5.75 Å². The molecule has 1 unspecified atom stereocenters. The molecule has 0 radical (unpaired) electrons. The molecule has 5 rings (SSSR count). The Labute approximate surface area is 197 Å². The molecule has 1 atom stereocenters. The fourth-order valence-electron chi connectivity index (χ4n) is 3.76. The van der Waals surface area contributed by atoms with Crippen LogP contribution < -0.4 is 15.4 Å². The highest BCUT2D eigenvalue weighted by Gasteiger charge is 2.25. The van der Waals surface area contributed by atoms with E-state index in [0.29, 0.717) is 5.95 Å². The van der Waals surface area contributed by atoms with Crippen LogP contribution in [0.3, 0.4) is 0 Å². The Hall–Kier alpha value is -4.65. The maximum atomic E-state index is 12.5. The van der Waals surface area contributed by atoms with Crippen molar-refractivity contribution in [1.29, 1.82) is 0 Å². The Morgan fingerprint density at radius 3 is 2.41 bits per heavy atom. The highest BCUT2D eigenvalue weighted by Crippen LogP contribution is 2.33. The number of nitrogens with zero attached hydrogens (tertiary/aromatic N) is 3. The maximum Gasteiger partial charge on any atom is 0.250 e. The van der Waals surface area contributed by atoms with E-state index in [-0.39, 0.29) is 17.9 Å². The van der Waals surface area contributed by atoms with Crippen molar-refractivity contribution in [1.82, 2.24) is 14.8 Å². The number of allylic oxidation sites excluding steroid dienone is 1. The second-order valence-electron chi connectivity index (χ2n) is 7.73. The number of nitrogens with one attached hydrogen (secondary N) is 2. The molecule has 0 fully saturated rings. The van der Waals surface area contributed by atoms with Crippen molar-refractivity contribution in [2.75, 3.05) is 17.7 Å². The molecule has 7 nitrogen and oxygen atoms in total. The summed E-state index contributed by atoms with van der Waals surface area (Å²) >= 11 is 0. The van der Waals surface area contributed by atoms with E-state index < -0.39 is 0 Å². The summed E-state index contributed by atoms with van der Waals surface area (Å²) in [6.45, 7) is 0. The molecule has 1 aliphatic rings. The summed E-state index contributed by atoms with van der Waals surface area (Å²) in [4.78, 5) is 17.1. The van der Waals surface area contributed by atoms with E-state index in [1.807, 2.05) is 72.8 Å². The Bertz CT molecular complexity index is 1340. The molecule has 3 aromatic carbocycles. The molecule has 168 valence electrons. The zero-order chi connectivity index (χ0) is 23.3. The van der Waals surface area contributed by atoms with Crippen LogP contribution in [0.15, 0.2) is 97.1 Å². The van der Waals surface area contributed by atoms with Gasteiger partial charge < -0.3 is 10.1 Å². The number of benzene rings is 3. The molecule has 1 amide bonds. The average Bonchev–Trinajstić information content (AvgIpc) is 3.30. The Balaban J connectivity index is 1.39. The lowest BCUT2D eigenvalue weighted by Gasteiger charge is -2.24. The lowest BCUT2D eigenvalue weighted by atomic mass is 10.0. The summed E-state index contributed by atoms with van der Waals surface area (Å²) < 4.78 is 6.94. The van der Waals surface area contributed by atoms with Gasteiger partial charge in [0.2, 0.25) is 5.95 Å². The van der Waals surface area contributed by atoms with Crippen LogP contribution in [0.2, 0.25) is 0 Å². The molecule has 0 bridgehead atoms. The fourth-order valence-corrected chi connectivity index (χ4v) is 3.76. The monoisotopic (exact) mass is 449 g/mol. The molecule has 34 heavy (non-hydrogen) atoms. The minimum Gasteiger partial charge on any atom is -0.497 e. The number of amides is 1. The van der Waals surface area contributed by atoms with Gasteiger partial charge in [-0.05, 0) is 41.0 Å². The predicted octanol–water partition coefficient (Wildman–Crippen LogP) is 4.99. The van der Waals surface area contributed by atoms with Crippen LogP contribution in [-0.2, 0) is 4.79 Å². The summed E-state index contributed by atoms with van der Waals surface area (Å²) in [5.74, 6) is 1.24. The predicted molar refractivity (Wildman–Crippen MR) is 133 cm³/mol. The highest BCUT2D eigenvalue weighted by molar-refractivity contribution is 6.01. The van der Waals surface area contributed by atoms with Crippen molar-refractivity contribution in [2.45, 2.75) is 6.04 Å². The second kappa shape index (κ2) is 9.46. The summed E-state index contributed by atoms with van der Waals surface area (Å²) in [6.07, 6.45) is 5.30. The number of hydrogen-bond acceptors (Lipinski definition) is 5. The molecule has 2 N–H and O–H groups in total. The van der Waals surface area contributed by atoms with Gasteiger partial charge in [0.25, 0.3) is 11.9 Å². The van der Waals surface area contributed by atoms with Gasteiger partial charge in [0.05, 0.1) is 7.11 Å². The molecule has 0 spiro atoms. The summed E-state index contributed by atoms with van der Waals surface area (Å²) in [5.41, 5.74) is 3.94. The van der Waals surface area contributed by atoms with Gasteiger partial charge in [0, 0.05) is 11.8 Å².